The Balaban J connectivity index is 0.000000143. The van der Waals surface area contributed by atoms with Gasteiger partial charge in [0.25, 0.3) is 34.1 Å². The summed E-state index contributed by atoms with van der Waals surface area (Å²) in [6.45, 7) is 12.9. The normalized spacial score (nSPS) is 12.2. The Kier molecular flexibility index (Phi) is 31.0. The topological polar surface area (TPSA) is 451 Å². The summed E-state index contributed by atoms with van der Waals surface area (Å²) < 4.78 is 170. The van der Waals surface area contributed by atoms with Gasteiger partial charge in [-0.2, -0.15) is 19.3 Å². The molecule has 8 heterocycles. The van der Waals surface area contributed by atoms with Gasteiger partial charge in [-0.15, -0.1) is 0 Å². The minimum Gasteiger partial charge on any atom is -0.443 e. The number of oxazole rings is 4. The molecule has 0 aliphatic rings. The van der Waals surface area contributed by atoms with E-state index in [0.717, 1.165) is 66.5 Å². The van der Waals surface area contributed by atoms with Crippen molar-refractivity contribution in [1.82, 2.24) is 39.0 Å². The van der Waals surface area contributed by atoms with Gasteiger partial charge in [0.1, 0.15) is 22.8 Å². The number of halogens is 4. The molecule has 33 nitrogen and oxygen atoms in total. The van der Waals surface area contributed by atoms with E-state index in [1.54, 1.807) is 158 Å². The van der Waals surface area contributed by atoms with E-state index < -0.39 is 79.7 Å². The molecule has 0 aliphatic heterocycles. The molecule has 10 aromatic carbocycles. The fourth-order valence-electron chi connectivity index (χ4n) is 13.6. The molecule has 738 valence electrons. The van der Waals surface area contributed by atoms with Crippen LogP contribution in [-0.2, 0) is 48.9 Å². The Morgan fingerprint density at radius 2 is 0.785 bits per heavy atom. The molecule has 0 aliphatic carbocycles. The SMILES string of the molecule is C=S(C)(=O)Nc1cccc(Nc2ncc(-c3ccc(C#N)cc3)s2)c1.C=S(C)(=O)Nc1cccc(Nc2ncc(-c3ccc4cnccc4c3)o2)c1.CC(C)(C)OC(=O)n1c(-c2cnc(Nc3cccc(NS(C)(=O)=O)c3)o2)cc2cc(F)ccc21.CC(F)(F)S(=O)(=O)Nc1cccc(Nc2ncc(-c3ccc(C#N)cc3)o2)c1.Cc1cccc(Nc2ncc(-c3cc4cc(F)ccc4n3C(=O)OC(C)(C)C)o2)c1. The van der Waals surface area contributed by atoms with E-state index >= 15 is 0 Å². The number of pyridine rings is 1. The molecule has 0 bridgehead atoms. The number of aromatic nitrogens is 8. The molecule has 2 unspecified atom stereocenters. The van der Waals surface area contributed by atoms with Crippen molar-refractivity contribution < 1.29 is 79.5 Å². The second kappa shape index (κ2) is 43.4. The van der Waals surface area contributed by atoms with Crippen LogP contribution in [0.4, 0.5) is 108 Å². The summed E-state index contributed by atoms with van der Waals surface area (Å²) >= 11 is 1.52. The first kappa shape index (κ1) is 103. The minimum atomic E-state index is -4.85. The van der Waals surface area contributed by atoms with Crippen LogP contribution >= 0.6 is 11.3 Å². The molecule has 0 spiro atoms. The predicted molar refractivity (Wildman–Crippen MR) is 559 cm³/mol. The Morgan fingerprint density at radius 3 is 1.20 bits per heavy atom. The summed E-state index contributed by atoms with van der Waals surface area (Å²) in [6, 6.07) is 73.6. The van der Waals surface area contributed by atoms with Crippen LogP contribution in [0.25, 0.3) is 88.6 Å². The van der Waals surface area contributed by atoms with Crippen LogP contribution in [0.3, 0.4) is 0 Å². The number of carbonyl (C=O) groups is 2. The van der Waals surface area contributed by atoms with Crippen molar-refractivity contribution in [3.8, 4) is 68.1 Å². The second-order valence-corrected chi connectivity index (χ2v) is 43.5. The summed E-state index contributed by atoms with van der Waals surface area (Å²) in [7, 11) is -12.9. The zero-order valence-electron chi connectivity index (χ0n) is 78.8. The van der Waals surface area contributed by atoms with Gasteiger partial charge in [0.05, 0.1) is 93.0 Å². The van der Waals surface area contributed by atoms with Crippen molar-refractivity contribution in [2.75, 3.05) is 64.2 Å². The number of anilines is 14. The van der Waals surface area contributed by atoms with Gasteiger partial charge in [-0.25, -0.2) is 77.7 Å². The average molecular weight is 2050 g/mol. The van der Waals surface area contributed by atoms with E-state index in [0.29, 0.717) is 103 Å². The molecule has 42 heteroatoms. The number of carbonyl (C=O) groups excluding carboxylic acids is 2. The number of hydrogen-bond donors (Lipinski definition) is 9. The maximum absolute atomic E-state index is 13.8. The third-order valence-electron chi connectivity index (χ3n) is 19.7. The van der Waals surface area contributed by atoms with Crippen LogP contribution in [0.15, 0.2) is 304 Å². The lowest BCUT2D eigenvalue weighted by Gasteiger charge is -2.20. The van der Waals surface area contributed by atoms with Gasteiger partial charge >= 0.3 is 17.4 Å². The summed E-state index contributed by atoms with van der Waals surface area (Å²) in [4.78, 5) is 52.2. The van der Waals surface area contributed by atoms with E-state index in [1.165, 1.54) is 87.6 Å². The van der Waals surface area contributed by atoms with Crippen LogP contribution in [-0.4, -0.2) is 123 Å². The highest BCUT2D eigenvalue weighted by atomic mass is 32.2. The zero-order chi connectivity index (χ0) is 103. The van der Waals surface area contributed by atoms with Gasteiger partial charge in [-0.1, -0.05) is 72.0 Å². The highest BCUT2D eigenvalue weighted by Gasteiger charge is 2.40. The van der Waals surface area contributed by atoms with Gasteiger partial charge in [-0.05, 0) is 259 Å². The Morgan fingerprint density at radius 1 is 0.403 bits per heavy atom. The lowest BCUT2D eigenvalue weighted by atomic mass is 10.1. The smallest absolute Gasteiger partial charge is 0.419 e. The molecule has 144 heavy (non-hydrogen) atoms. The fourth-order valence-corrected chi connectivity index (χ4v) is 16.9. The van der Waals surface area contributed by atoms with Crippen LogP contribution in [0, 0.1) is 41.2 Å². The summed E-state index contributed by atoms with van der Waals surface area (Å²) in [5, 5.41) is 33.0. The number of nitriles is 2. The number of nitrogens with zero attached hydrogens (tertiary/aromatic N) is 10. The number of thiazole rings is 1. The average Bonchev–Trinajstić information content (AvgIpc) is 1.62. The Labute approximate surface area is 829 Å². The number of hydrogen-bond acceptors (Lipinski definition) is 28. The molecule has 2 atom stereocenters. The summed E-state index contributed by atoms with van der Waals surface area (Å²) in [5.74, 6) is 8.08. The molecule has 0 fully saturated rings. The number of ether oxygens (including phenoxy) is 2. The lowest BCUT2D eigenvalue weighted by Crippen LogP contribution is -2.31. The molecular formula is C102H93F4N19O14S5. The molecule has 0 saturated carbocycles. The van der Waals surface area contributed by atoms with Crippen molar-refractivity contribution >= 4 is 188 Å². The van der Waals surface area contributed by atoms with Crippen molar-refractivity contribution in [1.29, 1.82) is 10.5 Å². The van der Waals surface area contributed by atoms with Crippen LogP contribution in [0.1, 0.15) is 65.2 Å². The fraction of sp³-hybridized carbons (Fsp3) is 0.137. The molecule has 8 aromatic heterocycles. The van der Waals surface area contributed by atoms with Crippen molar-refractivity contribution in [3.05, 3.63) is 314 Å². The summed E-state index contributed by atoms with van der Waals surface area (Å²) in [6.07, 6.45) is 14.4. The molecule has 9 N–H and O–H groups in total. The highest BCUT2D eigenvalue weighted by Crippen LogP contribution is 2.39. The van der Waals surface area contributed by atoms with E-state index in [2.05, 4.69) is 88.5 Å². The van der Waals surface area contributed by atoms with E-state index in [4.69, 9.17) is 37.7 Å². The largest absolute Gasteiger partial charge is 0.443 e. The molecular weight excluding hydrogens is 1950 g/mol. The first-order valence-electron chi connectivity index (χ1n) is 43.3. The number of aryl methyl sites for hydroxylation is 1. The number of rotatable bonds is 24. The van der Waals surface area contributed by atoms with Crippen LogP contribution in [0.2, 0.25) is 0 Å². The number of benzene rings is 10. The van der Waals surface area contributed by atoms with Crippen molar-refractivity contribution in [2.24, 2.45) is 0 Å². The van der Waals surface area contributed by atoms with Gasteiger partial charge in [0, 0.05) is 125 Å². The first-order valence-corrected chi connectivity index (χ1v) is 51.7. The van der Waals surface area contributed by atoms with E-state index in [-0.39, 0.29) is 29.5 Å². The molecule has 18 aromatic rings. The van der Waals surface area contributed by atoms with Gasteiger partial charge < -0.3 is 63.2 Å². The predicted octanol–water partition coefficient (Wildman–Crippen LogP) is 24.3. The third kappa shape index (κ3) is 28.6. The summed E-state index contributed by atoms with van der Waals surface area (Å²) in [5.41, 5.74) is 10.3. The number of nitrogens with one attached hydrogen (secondary N) is 9. The number of fused-ring (bicyclic) bond motifs is 3. The van der Waals surface area contributed by atoms with Gasteiger partial charge in [-0.3, -0.25) is 14.4 Å². The molecule has 0 radical (unpaired) electrons. The van der Waals surface area contributed by atoms with Crippen molar-refractivity contribution in [3.63, 3.8) is 0 Å². The van der Waals surface area contributed by atoms with Crippen molar-refractivity contribution in [2.45, 2.75) is 71.8 Å². The van der Waals surface area contributed by atoms with Crippen LogP contribution in [0.5, 0.6) is 0 Å². The monoisotopic (exact) mass is 2040 g/mol. The van der Waals surface area contributed by atoms with Gasteiger partial charge in [0.15, 0.2) is 28.2 Å². The minimum absolute atomic E-state index is 0.0367. The number of sulfonamides is 2. The zero-order valence-corrected chi connectivity index (χ0v) is 82.9. The highest BCUT2D eigenvalue weighted by molar-refractivity contribution is 8.01. The maximum Gasteiger partial charge on any atom is 0.419 e. The van der Waals surface area contributed by atoms with E-state index in [1.807, 2.05) is 133 Å². The third-order valence-corrected chi connectivity index (χ3v) is 24.0. The van der Waals surface area contributed by atoms with Crippen LogP contribution < -0.4 is 45.5 Å². The second-order valence-electron chi connectivity index (χ2n) is 34.4. The molecule has 18 rings (SSSR count). The standard InChI is InChI=1S/C23H23FN4O5S.C23H22FN3O3.C20H18N4O2S.C18H14F2N4O3S.C18H16N4OS2/c1-23(2,3)33-22(29)28-18-9-8-15(24)10-14(18)11-19(28)20-13-25-21(32-20)26-16-6-5-7-17(12-16)27-34(4,30)31;1-14-6-5-7-17(10-14)26-21-25-13-20(29-21)19-12-15-11-16(24)8-9-18(15)27(19)22(28)30-23(2,3)4;1-27(2,25)24-18-5-3-4-17(11-18)23-20-22-13-19(26-20)15-6-7-16-12-21-9-8-14(16)10-15;1-18(19,20)28(25,26)24-15-4-2-3-14(9-15)23-17-22-11-16(27-17)13-7-5-12(10-21)6-8-13;1-25(2,23)22-16-5-3-4-15(10-16)21-18-20-12-17(24-18)14-8-6-13(11-19)7-9-14/h5-13,27H,1-4H3,(H,25,26);5-13H,1-4H3,(H,25,26);3-13H,1H2,2H3,(H,22,23)(H,24,25);2-9,11,24H,1H3,(H,22,23);3-10,12H,1H2,2H3,(H,20,21)(H,22,23). The van der Waals surface area contributed by atoms with E-state index in [9.17, 15) is 52.4 Å². The molecule has 0 amide bonds. The quantitative estimate of drug-likeness (QED) is 0.0200. The molecule has 0 saturated heterocycles. The lowest BCUT2D eigenvalue weighted by molar-refractivity contribution is 0.0535. The number of alkyl halides is 2. The first-order chi connectivity index (χ1) is 68.1. The van der Waals surface area contributed by atoms with Gasteiger partial charge in [0.2, 0.25) is 10.0 Å². The Bertz CT molecular complexity index is 8340. The Hall–Kier alpha value is -17.1. The maximum atomic E-state index is 13.8.